The quantitative estimate of drug-likeness (QED) is 0.844. The maximum Gasteiger partial charge on any atom is 0.165 e. The molecule has 0 aromatic heterocycles. The van der Waals surface area contributed by atoms with Crippen LogP contribution in [0.4, 0.5) is 0 Å². The van der Waals surface area contributed by atoms with Crippen LogP contribution in [0.2, 0.25) is 0 Å². The fourth-order valence-corrected chi connectivity index (χ4v) is 1.89. The molecule has 80 valence electrons. The molecule has 0 aliphatic heterocycles. The number of benzene rings is 1. The summed E-state index contributed by atoms with van der Waals surface area (Å²) in [6.45, 7) is 0. The van der Waals surface area contributed by atoms with Gasteiger partial charge in [-0.05, 0) is 18.6 Å². The number of ether oxygens (including phenoxy) is 2. The van der Waals surface area contributed by atoms with Crippen molar-refractivity contribution in [2.75, 3.05) is 14.2 Å². The normalized spacial score (nSPS) is 9.47. The van der Waals surface area contributed by atoms with Gasteiger partial charge in [-0.3, -0.25) is 0 Å². The van der Waals surface area contributed by atoms with Crippen molar-refractivity contribution in [3.05, 3.63) is 22.2 Å². The highest BCUT2D eigenvalue weighted by Gasteiger charge is 2.12. The van der Waals surface area contributed by atoms with E-state index in [4.69, 9.17) is 14.7 Å². The first-order valence-electron chi connectivity index (χ1n) is 4.51. The first kappa shape index (κ1) is 11.9. The molecule has 0 bridgehead atoms. The van der Waals surface area contributed by atoms with Crippen LogP contribution in [-0.4, -0.2) is 14.2 Å². The van der Waals surface area contributed by atoms with E-state index >= 15 is 0 Å². The minimum Gasteiger partial charge on any atom is -0.493 e. The van der Waals surface area contributed by atoms with Crippen molar-refractivity contribution < 1.29 is 9.47 Å². The van der Waals surface area contributed by atoms with Crippen LogP contribution in [0.5, 0.6) is 11.5 Å². The second-order valence-electron chi connectivity index (χ2n) is 2.92. The Morgan fingerprint density at radius 1 is 1.33 bits per heavy atom. The van der Waals surface area contributed by atoms with Gasteiger partial charge in [0.05, 0.1) is 20.3 Å². The van der Waals surface area contributed by atoms with E-state index in [0.717, 1.165) is 10.0 Å². The lowest BCUT2D eigenvalue weighted by Gasteiger charge is -2.13. The summed E-state index contributed by atoms with van der Waals surface area (Å²) in [4.78, 5) is 0. The summed E-state index contributed by atoms with van der Waals surface area (Å²) < 4.78 is 11.4. The van der Waals surface area contributed by atoms with E-state index < -0.39 is 0 Å². The van der Waals surface area contributed by atoms with Crippen molar-refractivity contribution in [1.29, 1.82) is 5.26 Å². The summed E-state index contributed by atoms with van der Waals surface area (Å²) in [6, 6.07) is 5.84. The van der Waals surface area contributed by atoms with Crippen molar-refractivity contribution >= 4 is 15.9 Å². The molecule has 0 unspecified atom stereocenters. The third kappa shape index (κ3) is 2.63. The first-order valence-corrected chi connectivity index (χ1v) is 5.30. The van der Waals surface area contributed by atoms with Gasteiger partial charge in [0.25, 0.3) is 0 Å². The highest BCUT2D eigenvalue weighted by Crippen LogP contribution is 2.36. The van der Waals surface area contributed by atoms with Crippen LogP contribution in [0, 0.1) is 11.3 Å². The van der Waals surface area contributed by atoms with E-state index in [1.165, 1.54) is 0 Å². The van der Waals surface area contributed by atoms with Crippen LogP contribution in [0.3, 0.4) is 0 Å². The largest absolute Gasteiger partial charge is 0.493 e. The summed E-state index contributed by atoms with van der Waals surface area (Å²) >= 11 is 3.44. The Morgan fingerprint density at radius 2 is 2.07 bits per heavy atom. The zero-order chi connectivity index (χ0) is 11.3. The molecule has 0 atom stereocenters. The van der Waals surface area contributed by atoms with E-state index in [9.17, 15) is 0 Å². The zero-order valence-electron chi connectivity index (χ0n) is 8.71. The standard InChI is InChI=1S/C11H12BrNO2/c1-14-10-6-5-9(12)8(4-3-7-13)11(10)15-2/h5-6H,3-4H2,1-2H3. The van der Waals surface area contributed by atoms with E-state index in [1.807, 2.05) is 12.1 Å². The monoisotopic (exact) mass is 269 g/mol. The van der Waals surface area contributed by atoms with Crippen LogP contribution in [0.1, 0.15) is 12.0 Å². The number of methoxy groups -OCH3 is 2. The van der Waals surface area contributed by atoms with Gasteiger partial charge in [0, 0.05) is 16.5 Å². The molecular weight excluding hydrogens is 258 g/mol. The summed E-state index contributed by atoms with van der Waals surface area (Å²) in [5.41, 5.74) is 0.971. The molecule has 0 radical (unpaired) electrons. The first-order chi connectivity index (χ1) is 7.24. The molecule has 1 rings (SSSR count). The van der Waals surface area contributed by atoms with Gasteiger partial charge >= 0.3 is 0 Å². The lowest BCUT2D eigenvalue weighted by molar-refractivity contribution is 0.351. The van der Waals surface area contributed by atoms with Gasteiger partial charge in [-0.15, -0.1) is 0 Å². The summed E-state index contributed by atoms with van der Waals surface area (Å²) in [6.07, 6.45) is 1.11. The van der Waals surface area contributed by atoms with E-state index in [2.05, 4.69) is 22.0 Å². The molecule has 0 N–H and O–H groups in total. The number of nitrogens with zero attached hydrogens (tertiary/aromatic N) is 1. The average Bonchev–Trinajstić information content (AvgIpc) is 2.27. The molecule has 0 aliphatic rings. The Balaban J connectivity index is 3.14. The minimum absolute atomic E-state index is 0.460. The Kier molecular flexibility index (Phi) is 4.44. The highest BCUT2D eigenvalue weighted by atomic mass is 79.9. The molecule has 3 nitrogen and oxygen atoms in total. The molecule has 15 heavy (non-hydrogen) atoms. The summed E-state index contributed by atoms with van der Waals surface area (Å²) in [7, 11) is 3.19. The number of nitriles is 1. The highest BCUT2D eigenvalue weighted by molar-refractivity contribution is 9.10. The predicted octanol–water partition coefficient (Wildman–Crippen LogP) is 2.92. The fourth-order valence-electron chi connectivity index (χ4n) is 1.38. The van der Waals surface area contributed by atoms with Crippen LogP contribution in [-0.2, 0) is 6.42 Å². The van der Waals surface area contributed by atoms with E-state index in [0.29, 0.717) is 24.3 Å². The maximum absolute atomic E-state index is 8.57. The summed E-state index contributed by atoms with van der Waals surface area (Å²) in [5.74, 6) is 1.38. The van der Waals surface area contributed by atoms with Crippen molar-refractivity contribution in [2.24, 2.45) is 0 Å². The zero-order valence-corrected chi connectivity index (χ0v) is 10.3. The van der Waals surface area contributed by atoms with Gasteiger partial charge in [0.15, 0.2) is 11.5 Å². The molecule has 1 aromatic rings. The Hall–Kier alpha value is -1.21. The third-order valence-electron chi connectivity index (χ3n) is 2.08. The molecular formula is C11H12BrNO2. The second-order valence-corrected chi connectivity index (χ2v) is 3.77. The molecule has 0 heterocycles. The van der Waals surface area contributed by atoms with E-state index in [-0.39, 0.29) is 0 Å². The van der Waals surface area contributed by atoms with Crippen molar-refractivity contribution in [3.8, 4) is 17.6 Å². The van der Waals surface area contributed by atoms with Gasteiger partial charge in [0.2, 0.25) is 0 Å². The Labute approximate surface area is 97.7 Å². The van der Waals surface area contributed by atoms with Crippen LogP contribution >= 0.6 is 15.9 Å². The third-order valence-corrected chi connectivity index (χ3v) is 2.82. The number of hydrogen-bond donors (Lipinski definition) is 0. The molecule has 0 saturated heterocycles. The van der Waals surface area contributed by atoms with Gasteiger partial charge in [-0.25, -0.2) is 0 Å². The van der Waals surface area contributed by atoms with Gasteiger partial charge < -0.3 is 9.47 Å². The molecule has 0 saturated carbocycles. The molecule has 0 amide bonds. The predicted molar refractivity (Wildman–Crippen MR) is 61.2 cm³/mol. The Bertz CT molecular complexity index is 385. The SMILES string of the molecule is COc1ccc(Br)c(CCC#N)c1OC. The van der Waals surface area contributed by atoms with Crippen LogP contribution in [0.15, 0.2) is 16.6 Å². The number of hydrogen-bond acceptors (Lipinski definition) is 3. The van der Waals surface area contributed by atoms with Gasteiger partial charge in [-0.1, -0.05) is 15.9 Å². The van der Waals surface area contributed by atoms with Crippen molar-refractivity contribution in [2.45, 2.75) is 12.8 Å². The Morgan fingerprint density at radius 3 is 2.60 bits per heavy atom. The summed E-state index contributed by atoms with van der Waals surface area (Å²) in [5, 5.41) is 8.57. The van der Waals surface area contributed by atoms with Crippen LogP contribution < -0.4 is 9.47 Å². The molecule has 0 spiro atoms. The molecule has 0 aliphatic carbocycles. The average molecular weight is 270 g/mol. The topological polar surface area (TPSA) is 42.2 Å². The fraction of sp³-hybridized carbons (Fsp3) is 0.364. The van der Waals surface area contributed by atoms with Crippen LogP contribution in [0.25, 0.3) is 0 Å². The van der Waals surface area contributed by atoms with Gasteiger partial charge in [-0.2, -0.15) is 5.26 Å². The maximum atomic E-state index is 8.57. The van der Waals surface area contributed by atoms with E-state index in [1.54, 1.807) is 14.2 Å². The van der Waals surface area contributed by atoms with Crippen molar-refractivity contribution in [3.63, 3.8) is 0 Å². The smallest absolute Gasteiger partial charge is 0.165 e. The molecule has 0 fully saturated rings. The molecule has 1 aromatic carbocycles. The number of rotatable bonds is 4. The lowest BCUT2D eigenvalue weighted by atomic mass is 10.1. The minimum atomic E-state index is 0.460. The van der Waals surface area contributed by atoms with Crippen molar-refractivity contribution in [1.82, 2.24) is 0 Å². The second kappa shape index (κ2) is 5.62. The molecule has 4 heteroatoms. The number of halogens is 1. The van der Waals surface area contributed by atoms with Gasteiger partial charge in [0.1, 0.15) is 0 Å². The lowest BCUT2D eigenvalue weighted by Crippen LogP contribution is -1.97.